The molecule has 0 aliphatic carbocycles. The monoisotopic (exact) mass is 348 g/mol. The lowest BCUT2D eigenvalue weighted by Gasteiger charge is -2.40. The zero-order valence-electron chi connectivity index (χ0n) is 14.6. The molecular weight excluding hydrogens is 328 g/mol. The van der Waals surface area contributed by atoms with Crippen molar-refractivity contribution >= 4 is 16.9 Å². The smallest absolute Gasteiger partial charge is 0.290 e. The highest BCUT2D eigenvalue weighted by molar-refractivity contribution is 5.93. The van der Waals surface area contributed by atoms with Gasteiger partial charge in [0.1, 0.15) is 5.58 Å². The first-order chi connectivity index (χ1) is 12.6. The van der Waals surface area contributed by atoms with Gasteiger partial charge in [-0.2, -0.15) is 0 Å². The molecule has 0 N–H and O–H groups in total. The average Bonchev–Trinajstić information content (AvgIpc) is 2.68. The highest BCUT2D eigenvalue weighted by Gasteiger charge is 2.32. The van der Waals surface area contributed by atoms with Crippen LogP contribution in [0.3, 0.4) is 0 Å². The Labute approximate surface area is 151 Å². The number of nitrogens with zero attached hydrogens (tertiary/aromatic N) is 2. The Hall–Kier alpha value is -2.92. The van der Waals surface area contributed by atoms with Crippen LogP contribution in [0.5, 0.6) is 0 Å². The Bertz CT molecular complexity index is 997. The van der Waals surface area contributed by atoms with E-state index >= 15 is 0 Å². The number of benzene rings is 2. The molecule has 2 heterocycles. The Morgan fingerprint density at radius 3 is 2.58 bits per heavy atom. The maximum atomic E-state index is 13.2. The summed E-state index contributed by atoms with van der Waals surface area (Å²) in [6, 6.07) is 18.2. The molecule has 0 bridgehead atoms. The first kappa shape index (κ1) is 16.5. The van der Waals surface area contributed by atoms with Crippen LogP contribution in [0.4, 0.5) is 0 Å². The van der Waals surface area contributed by atoms with Crippen LogP contribution in [0.1, 0.15) is 22.2 Å². The number of carbonyl (C=O) groups excluding carboxylic acids is 1. The van der Waals surface area contributed by atoms with Crippen LogP contribution in [0.2, 0.25) is 0 Å². The molecule has 1 aromatic heterocycles. The van der Waals surface area contributed by atoms with Crippen LogP contribution in [-0.2, 0) is 0 Å². The average molecular weight is 348 g/mol. The molecule has 0 unspecified atom stereocenters. The van der Waals surface area contributed by atoms with Crippen molar-refractivity contribution in [2.75, 3.05) is 26.7 Å². The number of rotatable bonds is 2. The van der Waals surface area contributed by atoms with Gasteiger partial charge in [-0.3, -0.25) is 9.59 Å². The van der Waals surface area contributed by atoms with Gasteiger partial charge in [-0.05, 0) is 24.7 Å². The minimum atomic E-state index is -0.241. The van der Waals surface area contributed by atoms with Crippen LogP contribution < -0.4 is 5.43 Å². The fraction of sp³-hybridized carbons (Fsp3) is 0.238. The summed E-state index contributed by atoms with van der Waals surface area (Å²) in [5.41, 5.74) is 1.32. The zero-order chi connectivity index (χ0) is 18.1. The zero-order valence-corrected chi connectivity index (χ0v) is 14.6. The third kappa shape index (κ3) is 3.02. The highest BCUT2D eigenvalue weighted by atomic mass is 16.3. The highest BCUT2D eigenvalue weighted by Crippen LogP contribution is 2.27. The second-order valence-electron chi connectivity index (χ2n) is 6.66. The number of hydrogen-bond acceptors (Lipinski definition) is 4. The van der Waals surface area contributed by atoms with Crippen molar-refractivity contribution in [3.63, 3.8) is 0 Å². The van der Waals surface area contributed by atoms with Gasteiger partial charge >= 0.3 is 0 Å². The lowest BCUT2D eigenvalue weighted by Crippen LogP contribution is -2.49. The summed E-state index contributed by atoms with van der Waals surface area (Å²) in [6.07, 6.45) is 0. The molecule has 2 aromatic carbocycles. The Kier molecular flexibility index (Phi) is 4.31. The third-order valence-electron chi connectivity index (χ3n) is 4.87. The Morgan fingerprint density at radius 2 is 1.77 bits per heavy atom. The van der Waals surface area contributed by atoms with Gasteiger partial charge in [0.05, 0.1) is 11.4 Å². The second-order valence-corrected chi connectivity index (χ2v) is 6.66. The van der Waals surface area contributed by atoms with E-state index < -0.39 is 0 Å². The predicted octanol–water partition coefficient (Wildman–Crippen LogP) is 2.92. The van der Waals surface area contributed by atoms with Crippen molar-refractivity contribution in [1.82, 2.24) is 9.80 Å². The number of likely N-dealkylation sites (N-methyl/N-ethyl adjacent to an activating group) is 1. The van der Waals surface area contributed by atoms with E-state index in [-0.39, 0.29) is 23.1 Å². The number of piperazine rings is 1. The standard InChI is InChI=1S/C21H20N2O3/c1-22-11-12-23(17(14-22)15-7-3-2-4-8-15)21(25)20-13-18(24)16-9-5-6-10-19(16)26-20/h2-10,13,17H,11-12,14H2,1H3/t17-/m0/s1. The fourth-order valence-electron chi connectivity index (χ4n) is 3.47. The topological polar surface area (TPSA) is 53.8 Å². The van der Waals surface area contributed by atoms with Crippen molar-refractivity contribution in [2.45, 2.75) is 6.04 Å². The summed E-state index contributed by atoms with van der Waals surface area (Å²) in [4.78, 5) is 29.5. The SMILES string of the molecule is CN1CCN(C(=O)c2cc(=O)c3ccccc3o2)[C@H](c2ccccc2)C1. The number of fused-ring (bicyclic) bond motifs is 1. The first-order valence-electron chi connectivity index (χ1n) is 8.71. The van der Waals surface area contributed by atoms with Crippen molar-refractivity contribution in [2.24, 2.45) is 0 Å². The molecule has 0 radical (unpaired) electrons. The van der Waals surface area contributed by atoms with Crippen LogP contribution in [0.15, 0.2) is 69.9 Å². The van der Waals surface area contributed by atoms with Gasteiger partial charge in [-0.1, -0.05) is 42.5 Å². The van der Waals surface area contributed by atoms with Gasteiger partial charge in [-0.25, -0.2) is 0 Å². The van der Waals surface area contributed by atoms with E-state index in [2.05, 4.69) is 4.90 Å². The number of hydrogen-bond donors (Lipinski definition) is 0. The molecule has 1 amide bonds. The van der Waals surface area contributed by atoms with Gasteiger partial charge in [-0.15, -0.1) is 0 Å². The molecule has 132 valence electrons. The van der Waals surface area contributed by atoms with E-state index in [9.17, 15) is 9.59 Å². The van der Waals surface area contributed by atoms with Crippen LogP contribution in [-0.4, -0.2) is 42.4 Å². The van der Waals surface area contributed by atoms with E-state index in [0.29, 0.717) is 17.5 Å². The maximum Gasteiger partial charge on any atom is 0.290 e. The first-order valence-corrected chi connectivity index (χ1v) is 8.71. The lowest BCUT2D eigenvalue weighted by atomic mass is 10.0. The molecule has 1 aliphatic rings. The number of amides is 1. The molecule has 1 saturated heterocycles. The molecule has 1 fully saturated rings. The minimum Gasteiger partial charge on any atom is -0.451 e. The second kappa shape index (κ2) is 6.77. The van der Waals surface area contributed by atoms with Gasteiger partial charge < -0.3 is 14.2 Å². The van der Waals surface area contributed by atoms with Gasteiger partial charge in [0, 0.05) is 25.7 Å². The number of carbonyl (C=O) groups is 1. The van der Waals surface area contributed by atoms with E-state index in [1.165, 1.54) is 6.07 Å². The largest absolute Gasteiger partial charge is 0.451 e. The summed E-state index contributed by atoms with van der Waals surface area (Å²) in [6.45, 7) is 2.12. The quantitative estimate of drug-likeness (QED) is 0.715. The van der Waals surface area contributed by atoms with Gasteiger partial charge in [0.25, 0.3) is 5.91 Å². The fourth-order valence-corrected chi connectivity index (χ4v) is 3.47. The Morgan fingerprint density at radius 1 is 1.04 bits per heavy atom. The molecule has 1 atom stereocenters. The van der Waals surface area contributed by atoms with E-state index in [1.54, 1.807) is 24.3 Å². The van der Waals surface area contributed by atoms with Crippen molar-refractivity contribution < 1.29 is 9.21 Å². The normalized spacial score (nSPS) is 18.2. The molecule has 26 heavy (non-hydrogen) atoms. The van der Waals surface area contributed by atoms with Crippen molar-refractivity contribution in [3.05, 3.63) is 82.2 Å². The molecule has 5 heteroatoms. The molecular formula is C21H20N2O3. The van der Waals surface area contributed by atoms with Gasteiger partial charge in [0.2, 0.25) is 0 Å². The summed E-state index contributed by atoms with van der Waals surface area (Å²) in [5, 5.41) is 0.488. The van der Waals surface area contributed by atoms with E-state index in [0.717, 1.165) is 18.7 Å². The summed E-state index contributed by atoms with van der Waals surface area (Å²) < 4.78 is 5.76. The Balaban J connectivity index is 1.73. The van der Waals surface area contributed by atoms with Gasteiger partial charge in [0.15, 0.2) is 11.2 Å². The molecule has 1 aliphatic heterocycles. The molecule has 5 nitrogen and oxygen atoms in total. The molecule has 0 spiro atoms. The van der Waals surface area contributed by atoms with Crippen molar-refractivity contribution in [1.29, 1.82) is 0 Å². The van der Waals surface area contributed by atoms with E-state index in [4.69, 9.17) is 4.42 Å². The van der Waals surface area contributed by atoms with Crippen LogP contribution in [0, 0.1) is 0 Å². The van der Waals surface area contributed by atoms with Crippen molar-refractivity contribution in [3.8, 4) is 0 Å². The summed E-state index contributed by atoms with van der Waals surface area (Å²) in [5.74, 6) is -0.144. The van der Waals surface area contributed by atoms with Crippen LogP contribution >= 0.6 is 0 Å². The molecule has 0 saturated carbocycles. The molecule has 4 rings (SSSR count). The summed E-state index contributed by atoms with van der Waals surface area (Å²) >= 11 is 0. The maximum absolute atomic E-state index is 13.2. The number of para-hydroxylation sites is 1. The van der Waals surface area contributed by atoms with Crippen LogP contribution in [0.25, 0.3) is 11.0 Å². The lowest BCUT2D eigenvalue weighted by molar-refractivity contribution is 0.0468. The molecule has 3 aromatic rings. The minimum absolute atomic E-state index is 0.0702. The third-order valence-corrected chi connectivity index (χ3v) is 4.87. The summed E-state index contributed by atoms with van der Waals surface area (Å²) in [7, 11) is 2.05. The predicted molar refractivity (Wildman–Crippen MR) is 100 cm³/mol. The van der Waals surface area contributed by atoms with E-state index in [1.807, 2.05) is 42.3 Å².